The first-order valence-corrected chi connectivity index (χ1v) is 12.4. The van der Waals surface area contributed by atoms with Crippen molar-refractivity contribution in [3.05, 3.63) is 57.2 Å². The van der Waals surface area contributed by atoms with Crippen molar-refractivity contribution in [2.45, 2.75) is 32.7 Å². The van der Waals surface area contributed by atoms with Gasteiger partial charge in [-0.2, -0.15) is 0 Å². The maximum Gasteiger partial charge on any atom is 0.338 e. The fourth-order valence-electron chi connectivity index (χ4n) is 4.44. The number of aliphatic imine (C=N–C) groups is 1. The van der Waals surface area contributed by atoms with E-state index in [0.29, 0.717) is 48.9 Å². The Hall–Kier alpha value is -2.78. The number of allylic oxidation sites excluding steroid dienone is 1. The first kappa shape index (κ1) is 24.3. The van der Waals surface area contributed by atoms with E-state index in [1.807, 2.05) is 35.4 Å². The van der Waals surface area contributed by atoms with Crippen LogP contribution in [0.1, 0.15) is 38.3 Å². The molecule has 10 heteroatoms. The molecule has 0 saturated carbocycles. The summed E-state index contributed by atoms with van der Waals surface area (Å²) in [6.07, 6.45) is 0.729. The third kappa shape index (κ3) is 4.72. The molecule has 1 unspecified atom stereocenters. The minimum atomic E-state index is -0.503. The highest BCUT2D eigenvalue weighted by molar-refractivity contribution is 8.16. The lowest BCUT2D eigenvalue weighted by Crippen LogP contribution is -2.50. The van der Waals surface area contributed by atoms with E-state index in [9.17, 15) is 14.4 Å². The van der Waals surface area contributed by atoms with Gasteiger partial charge in [0.1, 0.15) is 0 Å². The number of esters is 1. The average molecular weight is 503 g/mol. The summed E-state index contributed by atoms with van der Waals surface area (Å²) in [5, 5.41) is 3.20. The molecule has 34 heavy (non-hydrogen) atoms. The van der Waals surface area contributed by atoms with Gasteiger partial charge < -0.3 is 19.4 Å². The molecule has 180 valence electrons. The smallest absolute Gasteiger partial charge is 0.338 e. The van der Waals surface area contributed by atoms with Gasteiger partial charge in [-0.25, -0.2) is 9.79 Å². The molecule has 0 N–H and O–H groups in total. The number of carbonyl (C=O) groups is 3. The van der Waals surface area contributed by atoms with Crippen molar-refractivity contribution in [2.24, 2.45) is 4.99 Å². The Labute approximate surface area is 208 Å². The summed E-state index contributed by atoms with van der Waals surface area (Å²) < 4.78 is 5.13. The van der Waals surface area contributed by atoms with E-state index in [-0.39, 0.29) is 18.2 Å². The third-order valence-corrected chi connectivity index (χ3v) is 7.33. The van der Waals surface area contributed by atoms with Crippen LogP contribution in [0.25, 0.3) is 0 Å². The predicted molar refractivity (Wildman–Crippen MR) is 132 cm³/mol. The fourth-order valence-corrected chi connectivity index (χ4v) is 5.58. The fraction of sp³-hybridized carbons (Fsp3) is 0.417. The lowest BCUT2D eigenvalue weighted by atomic mass is 9.93. The van der Waals surface area contributed by atoms with Gasteiger partial charge in [0, 0.05) is 43.8 Å². The van der Waals surface area contributed by atoms with Crippen LogP contribution in [0, 0.1) is 0 Å². The van der Waals surface area contributed by atoms with Gasteiger partial charge >= 0.3 is 5.97 Å². The standard InChI is InChI=1S/C24H27ClN4O4S/c1-4-19-21(23(32)33-3)22(16-6-5-7-17(25)12-16)29-18(14-34-24(29)26-19)13-20(31)28-10-8-27(9-11-28)15(2)30/h5-7,12,14,22H,4,8-11,13H2,1-3H3. The summed E-state index contributed by atoms with van der Waals surface area (Å²) in [4.78, 5) is 47.9. The van der Waals surface area contributed by atoms with E-state index in [2.05, 4.69) is 0 Å². The van der Waals surface area contributed by atoms with E-state index in [0.717, 1.165) is 16.4 Å². The number of thioether (sulfide) groups is 1. The molecule has 8 nitrogen and oxygen atoms in total. The van der Waals surface area contributed by atoms with Crippen molar-refractivity contribution in [1.82, 2.24) is 14.7 Å². The molecule has 1 aromatic rings. The van der Waals surface area contributed by atoms with E-state index < -0.39 is 12.0 Å². The van der Waals surface area contributed by atoms with Crippen LogP contribution in [0.3, 0.4) is 0 Å². The molecule has 4 rings (SSSR count). The number of amidine groups is 1. The van der Waals surface area contributed by atoms with E-state index in [1.165, 1.54) is 18.9 Å². The normalized spacial score (nSPS) is 20.1. The van der Waals surface area contributed by atoms with Gasteiger partial charge in [-0.3, -0.25) is 9.59 Å². The molecule has 3 heterocycles. The molecule has 0 radical (unpaired) electrons. The number of halogens is 1. The number of carbonyl (C=O) groups excluding carboxylic acids is 3. The quantitative estimate of drug-likeness (QED) is 0.572. The van der Waals surface area contributed by atoms with Crippen molar-refractivity contribution in [1.29, 1.82) is 0 Å². The lowest BCUT2D eigenvalue weighted by molar-refractivity contribution is -0.138. The van der Waals surface area contributed by atoms with Crippen LogP contribution in [-0.2, 0) is 19.1 Å². The topological polar surface area (TPSA) is 82.5 Å². The van der Waals surface area contributed by atoms with Crippen LogP contribution >= 0.6 is 23.4 Å². The molecular weight excluding hydrogens is 476 g/mol. The summed E-state index contributed by atoms with van der Waals surface area (Å²) in [6, 6.07) is 6.87. The van der Waals surface area contributed by atoms with E-state index in [4.69, 9.17) is 21.3 Å². The Balaban J connectivity index is 1.64. The minimum Gasteiger partial charge on any atom is -0.466 e. The Bertz CT molecular complexity index is 1110. The van der Waals surface area contributed by atoms with Gasteiger partial charge in [0.15, 0.2) is 5.17 Å². The van der Waals surface area contributed by atoms with Gasteiger partial charge in [0.25, 0.3) is 0 Å². The van der Waals surface area contributed by atoms with Crippen LogP contribution in [0.15, 0.2) is 51.6 Å². The monoisotopic (exact) mass is 502 g/mol. The second kappa shape index (κ2) is 10.2. The highest BCUT2D eigenvalue weighted by atomic mass is 35.5. The SMILES string of the molecule is CCC1=C(C(=O)OC)C(c2cccc(Cl)c2)N2C(CC(=O)N3CCN(C(C)=O)CC3)=CSC2=N1. The number of fused-ring (bicyclic) bond motifs is 1. The zero-order chi connectivity index (χ0) is 24.4. The second-order valence-corrected chi connectivity index (χ2v) is 9.49. The number of rotatable bonds is 5. The van der Waals surface area contributed by atoms with E-state index >= 15 is 0 Å². The molecule has 0 aromatic heterocycles. The van der Waals surface area contributed by atoms with Crippen molar-refractivity contribution >= 4 is 46.3 Å². The molecule has 3 aliphatic heterocycles. The maximum absolute atomic E-state index is 13.2. The number of methoxy groups -OCH3 is 1. The van der Waals surface area contributed by atoms with Crippen LogP contribution in [-0.4, -0.2) is 70.9 Å². The van der Waals surface area contributed by atoms with Crippen molar-refractivity contribution < 1.29 is 19.1 Å². The number of nitrogens with zero attached hydrogens (tertiary/aromatic N) is 4. The minimum absolute atomic E-state index is 0.0222. The summed E-state index contributed by atoms with van der Waals surface area (Å²) >= 11 is 7.75. The Morgan fingerprint density at radius 2 is 1.88 bits per heavy atom. The Morgan fingerprint density at radius 1 is 1.18 bits per heavy atom. The number of hydrogen-bond acceptors (Lipinski definition) is 7. The third-order valence-electron chi connectivity index (χ3n) is 6.20. The van der Waals surface area contributed by atoms with Crippen molar-refractivity contribution in [2.75, 3.05) is 33.3 Å². The average Bonchev–Trinajstić information content (AvgIpc) is 3.24. The van der Waals surface area contributed by atoms with Crippen molar-refractivity contribution in [3.63, 3.8) is 0 Å². The number of piperazine rings is 1. The molecule has 0 spiro atoms. The van der Waals surface area contributed by atoms with Gasteiger partial charge in [-0.15, -0.1) is 0 Å². The zero-order valence-corrected chi connectivity index (χ0v) is 21.0. The lowest BCUT2D eigenvalue weighted by Gasteiger charge is -2.38. The molecule has 1 saturated heterocycles. The van der Waals surface area contributed by atoms with E-state index in [1.54, 1.807) is 22.8 Å². The Morgan fingerprint density at radius 3 is 2.50 bits per heavy atom. The van der Waals surface area contributed by atoms with Gasteiger partial charge in [-0.1, -0.05) is 42.4 Å². The highest BCUT2D eigenvalue weighted by Crippen LogP contribution is 2.45. The molecule has 2 amide bonds. The molecule has 1 fully saturated rings. The van der Waals surface area contributed by atoms with Crippen LogP contribution < -0.4 is 0 Å². The molecular formula is C24H27ClN4O4S. The van der Waals surface area contributed by atoms with Gasteiger partial charge in [-0.05, 0) is 29.5 Å². The van der Waals surface area contributed by atoms with Crippen LogP contribution in [0.2, 0.25) is 5.02 Å². The summed E-state index contributed by atoms with van der Waals surface area (Å²) in [6.45, 7) is 5.57. The number of hydrogen-bond donors (Lipinski definition) is 0. The highest BCUT2D eigenvalue weighted by Gasteiger charge is 2.42. The molecule has 0 bridgehead atoms. The molecule has 0 aliphatic carbocycles. The first-order valence-electron chi connectivity index (χ1n) is 11.2. The summed E-state index contributed by atoms with van der Waals surface area (Å²) in [5.74, 6) is -0.451. The predicted octanol–water partition coefficient (Wildman–Crippen LogP) is 3.56. The van der Waals surface area contributed by atoms with Crippen molar-refractivity contribution in [3.8, 4) is 0 Å². The largest absolute Gasteiger partial charge is 0.466 e. The van der Waals surface area contributed by atoms with Gasteiger partial charge in [0.05, 0.1) is 30.8 Å². The number of amides is 2. The maximum atomic E-state index is 13.2. The number of ether oxygens (including phenoxy) is 1. The molecule has 1 aromatic carbocycles. The summed E-state index contributed by atoms with van der Waals surface area (Å²) in [5.41, 5.74) is 2.70. The zero-order valence-electron chi connectivity index (χ0n) is 19.4. The second-order valence-electron chi connectivity index (χ2n) is 8.22. The molecule has 3 aliphatic rings. The molecule has 1 atom stereocenters. The number of benzene rings is 1. The summed E-state index contributed by atoms with van der Waals surface area (Å²) in [7, 11) is 1.36. The Kier molecular flexibility index (Phi) is 7.33. The van der Waals surface area contributed by atoms with Gasteiger partial charge in [0.2, 0.25) is 11.8 Å². The van der Waals surface area contributed by atoms with Crippen LogP contribution in [0.4, 0.5) is 0 Å². The first-order chi connectivity index (χ1) is 16.3. The van der Waals surface area contributed by atoms with Crippen LogP contribution in [0.5, 0.6) is 0 Å².